The van der Waals surface area contributed by atoms with Crippen LogP contribution in [0.25, 0.3) is 0 Å². The van der Waals surface area contributed by atoms with E-state index in [-0.39, 0.29) is 24.7 Å². The lowest BCUT2D eigenvalue weighted by molar-refractivity contribution is -0.385. The molecule has 1 amide bonds. The summed E-state index contributed by atoms with van der Waals surface area (Å²) in [7, 11) is 0. The average molecular weight is 380 g/mol. The molecule has 140 valence electrons. The first-order chi connectivity index (χ1) is 12.2. The zero-order valence-electron chi connectivity index (χ0n) is 14.9. The van der Waals surface area contributed by atoms with Crippen LogP contribution in [0.4, 0.5) is 10.7 Å². The van der Waals surface area contributed by atoms with E-state index in [4.69, 9.17) is 4.74 Å². The number of nitrogens with zero attached hydrogens (tertiary/aromatic N) is 3. The van der Waals surface area contributed by atoms with Crippen LogP contribution in [0.3, 0.4) is 0 Å². The Kier molecular flexibility index (Phi) is 6.09. The van der Waals surface area contributed by atoms with Gasteiger partial charge in [-0.25, -0.2) is 4.79 Å². The van der Waals surface area contributed by atoms with Crippen LogP contribution in [0.5, 0.6) is 0 Å². The second kappa shape index (κ2) is 8.09. The minimum Gasteiger partial charge on any atom is -0.462 e. The van der Waals surface area contributed by atoms with Crippen LogP contribution < -0.4 is 5.32 Å². The van der Waals surface area contributed by atoms with Crippen LogP contribution in [-0.2, 0) is 16.1 Å². The smallest absolute Gasteiger partial charge is 0.341 e. The molecule has 26 heavy (non-hydrogen) atoms. The van der Waals surface area contributed by atoms with E-state index in [2.05, 4.69) is 10.4 Å². The van der Waals surface area contributed by atoms with Crippen molar-refractivity contribution in [2.24, 2.45) is 5.92 Å². The summed E-state index contributed by atoms with van der Waals surface area (Å²) in [6.07, 6.45) is 2.41. The molecule has 9 nitrogen and oxygen atoms in total. The highest BCUT2D eigenvalue weighted by Crippen LogP contribution is 2.33. The minimum absolute atomic E-state index is 0.133. The van der Waals surface area contributed by atoms with Crippen LogP contribution in [0.1, 0.15) is 34.6 Å². The first-order valence-corrected chi connectivity index (χ1v) is 8.81. The highest BCUT2D eigenvalue weighted by atomic mass is 32.1. The molecule has 1 atom stereocenters. The van der Waals surface area contributed by atoms with Gasteiger partial charge in [-0.15, -0.1) is 11.3 Å². The molecule has 0 fully saturated rings. The number of aryl methyl sites for hydroxylation is 1. The predicted molar refractivity (Wildman–Crippen MR) is 96.4 cm³/mol. The topological polar surface area (TPSA) is 116 Å². The van der Waals surface area contributed by atoms with Crippen LogP contribution in [0.15, 0.2) is 12.4 Å². The Balaban J connectivity index is 2.12. The van der Waals surface area contributed by atoms with Gasteiger partial charge in [-0.1, -0.05) is 6.92 Å². The van der Waals surface area contributed by atoms with Crippen molar-refractivity contribution < 1.29 is 19.2 Å². The lowest BCUT2D eigenvalue weighted by Gasteiger charge is -2.12. The maximum Gasteiger partial charge on any atom is 0.341 e. The molecular formula is C16H20N4O5S. The molecule has 0 bridgehead atoms. The maximum absolute atomic E-state index is 12.5. The summed E-state index contributed by atoms with van der Waals surface area (Å²) in [5, 5.41) is 17.8. The molecule has 0 aliphatic heterocycles. The summed E-state index contributed by atoms with van der Waals surface area (Å²) in [5.41, 5.74) is 1.01. The summed E-state index contributed by atoms with van der Waals surface area (Å²) in [6.45, 7) is 7.49. The van der Waals surface area contributed by atoms with Crippen molar-refractivity contribution in [2.45, 2.75) is 34.2 Å². The highest BCUT2D eigenvalue weighted by molar-refractivity contribution is 7.16. The second-order valence-corrected chi connectivity index (χ2v) is 7.00. The summed E-state index contributed by atoms with van der Waals surface area (Å²) in [4.78, 5) is 35.7. The van der Waals surface area contributed by atoms with Crippen molar-refractivity contribution >= 4 is 33.9 Å². The third-order valence-corrected chi connectivity index (χ3v) is 4.96. The maximum atomic E-state index is 12.5. The number of amides is 1. The zero-order valence-corrected chi connectivity index (χ0v) is 15.8. The molecule has 10 heteroatoms. The summed E-state index contributed by atoms with van der Waals surface area (Å²) in [6, 6.07) is 0. The Bertz CT molecular complexity index is 842. The third-order valence-electron chi connectivity index (χ3n) is 3.84. The number of carbonyl (C=O) groups is 2. The molecule has 0 spiro atoms. The van der Waals surface area contributed by atoms with Crippen molar-refractivity contribution in [3.05, 3.63) is 38.5 Å². The second-order valence-electron chi connectivity index (χ2n) is 5.78. The monoisotopic (exact) mass is 380 g/mol. The fourth-order valence-corrected chi connectivity index (χ4v) is 3.36. The van der Waals surface area contributed by atoms with Crippen LogP contribution in [0, 0.1) is 29.9 Å². The number of nitro groups is 1. The molecule has 2 heterocycles. The van der Waals surface area contributed by atoms with Gasteiger partial charge in [0.05, 0.1) is 29.6 Å². The Morgan fingerprint density at radius 2 is 2.15 bits per heavy atom. The molecule has 0 aromatic carbocycles. The average Bonchev–Trinajstić information content (AvgIpc) is 3.13. The Hall–Kier alpha value is -2.75. The van der Waals surface area contributed by atoms with E-state index in [1.807, 2.05) is 6.92 Å². The van der Waals surface area contributed by atoms with Gasteiger partial charge in [0.1, 0.15) is 17.4 Å². The van der Waals surface area contributed by atoms with Crippen LogP contribution in [0.2, 0.25) is 0 Å². The summed E-state index contributed by atoms with van der Waals surface area (Å²) < 4.78 is 6.41. The highest BCUT2D eigenvalue weighted by Gasteiger charge is 2.24. The SMILES string of the molecule is CCOC(=O)c1c(NC(=O)[C@@H](C)Cn2cc([N+](=O)[O-])cn2)sc(C)c1C. The van der Waals surface area contributed by atoms with Gasteiger partial charge in [-0.3, -0.25) is 19.6 Å². The van der Waals surface area contributed by atoms with Crippen LogP contribution >= 0.6 is 11.3 Å². The molecule has 0 saturated heterocycles. The number of ether oxygens (including phenoxy) is 1. The minimum atomic E-state index is -0.545. The molecule has 0 aliphatic rings. The number of nitrogens with one attached hydrogen (secondary N) is 1. The van der Waals surface area contributed by atoms with Gasteiger partial charge < -0.3 is 10.1 Å². The number of rotatable bonds is 7. The van der Waals surface area contributed by atoms with E-state index in [0.29, 0.717) is 10.6 Å². The van der Waals surface area contributed by atoms with Gasteiger partial charge in [0.15, 0.2) is 0 Å². The molecule has 0 unspecified atom stereocenters. The predicted octanol–water partition coefficient (Wildman–Crippen LogP) is 2.92. The largest absolute Gasteiger partial charge is 0.462 e. The van der Waals surface area contributed by atoms with E-state index < -0.39 is 16.8 Å². The number of thiophene rings is 1. The van der Waals surface area contributed by atoms with Gasteiger partial charge >= 0.3 is 11.7 Å². The number of hydrogen-bond donors (Lipinski definition) is 1. The molecule has 0 saturated carbocycles. The lowest BCUT2D eigenvalue weighted by atomic mass is 10.1. The van der Waals surface area contributed by atoms with E-state index in [1.165, 1.54) is 22.2 Å². The Labute approximate surface area is 154 Å². The Morgan fingerprint density at radius 3 is 2.73 bits per heavy atom. The van der Waals surface area contributed by atoms with Gasteiger partial charge in [0, 0.05) is 4.88 Å². The molecule has 2 aromatic heterocycles. The van der Waals surface area contributed by atoms with E-state index in [0.717, 1.165) is 16.6 Å². The molecule has 1 N–H and O–H groups in total. The number of aromatic nitrogens is 2. The molecule has 2 aromatic rings. The first-order valence-electron chi connectivity index (χ1n) is 7.99. The van der Waals surface area contributed by atoms with Gasteiger partial charge in [-0.2, -0.15) is 5.10 Å². The molecule has 0 radical (unpaired) electrons. The lowest BCUT2D eigenvalue weighted by Crippen LogP contribution is -2.25. The van der Waals surface area contributed by atoms with Gasteiger partial charge in [0.2, 0.25) is 5.91 Å². The summed E-state index contributed by atoms with van der Waals surface area (Å²) in [5.74, 6) is -1.29. The van der Waals surface area contributed by atoms with Crippen molar-refractivity contribution in [3.63, 3.8) is 0 Å². The van der Waals surface area contributed by atoms with E-state index in [9.17, 15) is 19.7 Å². The zero-order chi connectivity index (χ0) is 19.4. The number of carbonyl (C=O) groups excluding carboxylic acids is 2. The summed E-state index contributed by atoms with van der Waals surface area (Å²) >= 11 is 1.31. The van der Waals surface area contributed by atoms with Crippen molar-refractivity contribution in [2.75, 3.05) is 11.9 Å². The van der Waals surface area contributed by atoms with Crippen molar-refractivity contribution in [3.8, 4) is 0 Å². The van der Waals surface area contributed by atoms with E-state index in [1.54, 1.807) is 20.8 Å². The fraction of sp³-hybridized carbons (Fsp3) is 0.438. The fourth-order valence-electron chi connectivity index (χ4n) is 2.31. The third kappa shape index (κ3) is 4.26. The van der Waals surface area contributed by atoms with Gasteiger partial charge in [0.25, 0.3) is 0 Å². The number of esters is 1. The molecule has 2 rings (SSSR count). The Morgan fingerprint density at radius 1 is 1.46 bits per heavy atom. The van der Waals surface area contributed by atoms with E-state index >= 15 is 0 Å². The van der Waals surface area contributed by atoms with Gasteiger partial charge in [-0.05, 0) is 26.3 Å². The number of hydrogen-bond acceptors (Lipinski definition) is 7. The van der Waals surface area contributed by atoms with Crippen molar-refractivity contribution in [1.29, 1.82) is 0 Å². The molecule has 0 aliphatic carbocycles. The first kappa shape index (κ1) is 19.6. The van der Waals surface area contributed by atoms with Crippen LogP contribution in [-0.4, -0.2) is 33.2 Å². The molecular weight excluding hydrogens is 360 g/mol. The number of anilines is 1. The normalized spacial score (nSPS) is 11.8. The standard InChI is InChI=1S/C16H20N4O5S/c1-5-25-16(22)13-10(3)11(4)26-15(13)18-14(21)9(2)7-19-8-12(6-17-19)20(23)24/h6,8-9H,5,7H2,1-4H3,(H,18,21)/t9-/m0/s1. The van der Waals surface area contributed by atoms with Crippen molar-refractivity contribution in [1.82, 2.24) is 9.78 Å². The quantitative estimate of drug-likeness (QED) is 0.448.